The van der Waals surface area contributed by atoms with Gasteiger partial charge in [-0.3, -0.25) is 4.79 Å². The first kappa shape index (κ1) is 16.0. The Hall–Kier alpha value is -1.35. The van der Waals surface area contributed by atoms with Crippen LogP contribution in [0.1, 0.15) is 51.5 Å². The molecule has 2 rings (SSSR count). The van der Waals surface area contributed by atoms with Gasteiger partial charge < -0.3 is 10.6 Å². The Morgan fingerprint density at radius 2 is 1.81 bits per heavy atom. The first-order valence-electron chi connectivity index (χ1n) is 8.14. The van der Waals surface area contributed by atoms with Crippen LogP contribution >= 0.6 is 0 Å². The highest BCUT2D eigenvalue weighted by atomic mass is 16.2. The molecule has 0 unspecified atom stereocenters. The highest BCUT2D eigenvalue weighted by Gasteiger charge is 2.41. The normalized spacial score (nSPS) is 17.7. The molecule has 116 valence electrons. The first-order valence-corrected chi connectivity index (χ1v) is 8.14. The van der Waals surface area contributed by atoms with E-state index in [9.17, 15) is 4.79 Å². The van der Waals surface area contributed by atoms with Crippen LogP contribution in [0, 0.1) is 5.41 Å². The number of rotatable bonds is 5. The van der Waals surface area contributed by atoms with Gasteiger partial charge in [0.15, 0.2) is 0 Å². The van der Waals surface area contributed by atoms with Crippen molar-refractivity contribution in [1.29, 1.82) is 0 Å². The summed E-state index contributed by atoms with van der Waals surface area (Å²) in [5.74, 6) is 0.253. The van der Waals surface area contributed by atoms with Crippen LogP contribution in [0.3, 0.4) is 0 Å². The second kappa shape index (κ2) is 7.08. The summed E-state index contributed by atoms with van der Waals surface area (Å²) >= 11 is 0. The molecule has 0 bridgehead atoms. The van der Waals surface area contributed by atoms with Crippen molar-refractivity contribution in [3.05, 3.63) is 35.9 Å². The lowest BCUT2D eigenvalue weighted by Gasteiger charge is -2.40. The fourth-order valence-corrected chi connectivity index (χ4v) is 3.31. The molecular formula is C18H28N2O. The molecule has 0 spiro atoms. The summed E-state index contributed by atoms with van der Waals surface area (Å²) in [6.07, 6.45) is 5.37. The summed E-state index contributed by atoms with van der Waals surface area (Å²) in [5, 5.41) is 0. The predicted molar refractivity (Wildman–Crippen MR) is 86.7 cm³/mol. The van der Waals surface area contributed by atoms with E-state index < -0.39 is 0 Å². The van der Waals surface area contributed by atoms with Crippen molar-refractivity contribution in [2.75, 3.05) is 6.54 Å². The summed E-state index contributed by atoms with van der Waals surface area (Å²) < 4.78 is 0. The Labute approximate surface area is 128 Å². The van der Waals surface area contributed by atoms with Crippen LogP contribution in [0.5, 0.6) is 0 Å². The van der Waals surface area contributed by atoms with Gasteiger partial charge in [-0.05, 0) is 32.3 Å². The summed E-state index contributed by atoms with van der Waals surface area (Å²) in [4.78, 5) is 15.2. The van der Waals surface area contributed by atoms with Gasteiger partial charge in [0.05, 0.1) is 5.41 Å². The van der Waals surface area contributed by atoms with Crippen molar-refractivity contribution >= 4 is 5.91 Å². The van der Waals surface area contributed by atoms with Crippen molar-refractivity contribution in [1.82, 2.24) is 4.90 Å². The van der Waals surface area contributed by atoms with Crippen molar-refractivity contribution in [2.45, 2.75) is 58.5 Å². The Morgan fingerprint density at radius 1 is 1.19 bits per heavy atom. The summed E-state index contributed by atoms with van der Waals surface area (Å²) in [6.45, 7) is 5.34. The van der Waals surface area contributed by atoms with Crippen molar-refractivity contribution in [3.8, 4) is 0 Å². The number of carbonyl (C=O) groups excluding carboxylic acids is 1. The smallest absolute Gasteiger partial charge is 0.230 e. The van der Waals surface area contributed by atoms with Gasteiger partial charge in [-0.15, -0.1) is 0 Å². The monoisotopic (exact) mass is 288 g/mol. The van der Waals surface area contributed by atoms with Crippen LogP contribution in [-0.2, 0) is 11.3 Å². The molecule has 3 heteroatoms. The standard InChI is InChI=1S/C18H28N2O/c1-15(2)20(13-16-9-5-3-6-10-16)17(21)18(14-19)11-7-4-8-12-18/h3,5-6,9-10,15H,4,7-8,11-14,19H2,1-2H3. The third-order valence-corrected chi connectivity index (χ3v) is 4.74. The minimum Gasteiger partial charge on any atom is -0.335 e. The average molecular weight is 288 g/mol. The minimum absolute atomic E-state index is 0.197. The molecule has 1 aliphatic rings. The predicted octanol–water partition coefficient (Wildman–Crippen LogP) is 3.33. The van der Waals surface area contributed by atoms with Gasteiger partial charge in [-0.2, -0.15) is 0 Å². The number of amides is 1. The Morgan fingerprint density at radius 3 is 2.33 bits per heavy atom. The van der Waals surface area contributed by atoms with Gasteiger partial charge in [-0.25, -0.2) is 0 Å². The molecule has 0 atom stereocenters. The molecule has 1 aliphatic carbocycles. The van der Waals surface area contributed by atoms with Crippen molar-refractivity contribution in [3.63, 3.8) is 0 Å². The van der Waals surface area contributed by atoms with Crippen LogP contribution < -0.4 is 5.73 Å². The fourth-order valence-electron chi connectivity index (χ4n) is 3.31. The topological polar surface area (TPSA) is 46.3 Å². The number of benzene rings is 1. The van der Waals surface area contributed by atoms with Crippen LogP contribution in [0.15, 0.2) is 30.3 Å². The fraction of sp³-hybridized carbons (Fsp3) is 0.611. The van der Waals surface area contributed by atoms with Gasteiger partial charge >= 0.3 is 0 Å². The van der Waals surface area contributed by atoms with E-state index in [1.54, 1.807) is 0 Å². The highest BCUT2D eigenvalue weighted by Crippen LogP contribution is 2.37. The van der Waals surface area contributed by atoms with Gasteiger partial charge in [0.25, 0.3) is 0 Å². The van der Waals surface area contributed by atoms with E-state index in [0.717, 1.165) is 25.7 Å². The summed E-state index contributed by atoms with van der Waals surface area (Å²) in [7, 11) is 0. The maximum Gasteiger partial charge on any atom is 0.230 e. The maximum atomic E-state index is 13.1. The third kappa shape index (κ3) is 3.65. The SMILES string of the molecule is CC(C)N(Cc1ccccc1)C(=O)C1(CN)CCCCC1. The average Bonchev–Trinajstić information content (AvgIpc) is 2.53. The van der Waals surface area contributed by atoms with Crippen LogP contribution in [-0.4, -0.2) is 23.4 Å². The number of nitrogens with two attached hydrogens (primary N) is 1. The van der Waals surface area contributed by atoms with Crippen molar-refractivity contribution < 1.29 is 4.79 Å². The molecule has 0 aromatic heterocycles. The van der Waals surface area contributed by atoms with Gasteiger partial charge in [-0.1, -0.05) is 49.6 Å². The van der Waals surface area contributed by atoms with E-state index in [0.29, 0.717) is 13.1 Å². The Kier molecular flexibility index (Phi) is 5.40. The Balaban J connectivity index is 2.18. The summed E-state index contributed by atoms with van der Waals surface area (Å²) in [5.41, 5.74) is 6.88. The first-order chi connectivity index (χ1) is 10.1. The van der Waals surface area contributed by atoms with E-state index in [1.165, 1.54) is 12.0 Å². The molecule has 1 aromatic carbocycles. The van der Waals surface area contributed by atoms with Crippen LogP contribution in [0.25, 0.3) is 0 Å². The minimum atomic E-state index is -0.322. The van der Waals surface area contributed by atoms with E-state index in [2.05, 4.69) is 26.0 Å². The van der Waals surface area contributed by atoms with Crippen molar-refractivity contribution in [2.24, 2.45) is 11.1 Å². The Bertz CT molecular complexity index is 450. The quantitative estimate of drug-likeness (QED) is 0.903. The van der Waals surface area contributed by atoms with Gasteiger partial charge in [0, 0.05) is 19.1 Å². The van der Waals surface area contributed by atoms with E-state index in [-0.39, 0.29) is 17.4 Å². The number of nitrogens with zero attached hydrogens (tertiary/aromatic N) is 1. The molecular weight excluding hydrogens is 260 g/mol. The molecule has 1 amide bonds. The second-order valence-electron chi connectivity index (χ2n) is 6.56. The lowest BCUT2D eigenvalue weighted by Crippen LogP contribution is -2.51. The molecule has 0 saturated heterocycles. The number of hydrogen-bond acceptors (Lipinski definition) is 2. The highest BCUT2D eigenvalue weighted by molar-refractivity contribution is 5.83. The van der Waals surface area contributed by atoms with E-state index >= 15 is 0 Å². The lowest BCUT2D eigenvalue weighted by molar-refractivity contribution is -0.146. The zero-order chi connectivity index (χ0) is 15.3. The molecule has 0 aliphatic heterocycles. The molecule has 1 aromatic rings. The second-order valence-corrected chi connectivity index (χ2v) is 6.56. The molecule has 1 saturated carbocycles. The van der Waals surface area contributed by atoms with Crippen LogP contribution in [0.2, 0.25) is 0 Å². The zero-order valence-electron chi connectivity index (χ0n) is 13.3. The van der Waals surface area contributed by atoms with Gasteiger partial charge in [0.2, 0.25) is 5.91 Å². The molecule has 0 heterocycles. The van der Waals surface area contributed by atoms with E-state index in [1.807, 2.05) is 23.1 Å². The number of hydrogen-bond donors (Lipinski definition) is 1. The molecule has 0 radical (unpaired) electrons. The zero-order valence-corrected chi connectivity index (χ0v) is 13.3. The number of carbonyl (C=O) groups is 1. The van der Waals surface area contributed by atoms with Gasteiger partial charge in [0.1, 0.15) is 0 Å². The lowest BCUT2D eigenvalue weighted by atomic mass is 9.73. The van der Waals surface area contributed by atoms with E-state index in [4.69, 9.17) is 5.73 Å². The summed E-state index contributed by atoms with van der Waals surface area (Å²) in [6, 6.07) is 10.4. The molecule has 3 nitrogen and oxygen atoms in total. The molecule has 21 heavy (non-hydrogen) atoms. The maximum absolute atomic E-state index is 13.1. The molecule has 1 fully saturated rings. The third-order valence-electron chi connectivity index (χ3n) is 4.74. The molecule has 2 N–H and O–H groups in total. The van der Waals surface area contributed by atoms with Crippen LogP contribution in [0.4, 0.5) is 0 Å². The largest absolute Gasteiger partial charge is 0.335 e.